The normalized spacial score (nSPS) is 17.3. The SMILES string of the molecule is CN(C)CC1=CC=CC1c1ccc(N(C)C)cc1C(=N)C(C)(C)C. The highest BCUT2D eigenvalue weighted by Crippen LogP contribution is 2.36. The number of likely N-dealkylation sites (N-methyl/N-ethyl adjacent to an activating group) is 1. The van der Waals surface area contributed by atoms with E-state index >= 15 is 0 Å². The molecule has 0 saturated heterocycles. The summed E-state index contributed by atoms with van der Waals surface area (Å²) >= 11 is 0. The van der Waals surface area contributed by atoms with E-state index < -0.39 is 0 Å². The van der Waals surface area contributed by atoms with Crippen LogP contribution in [0.5, 0.6) is 0 Å². The van der Waals surface area contributed by atoms with Gasteiger partial charge in [-0.1, -0.05) is 45.1 Å². The Morgan fingerprint density at radius 1 is 1.12 bits per heavy atom. The van der Waals surface area contributed by atoms with Crippen LogP contribution in [0.15, 0.2) is 42.0 Å². The summed E-state index contributed by atoms with van der Waals surface area (Å²) in [6, 6.07) is 6.53. The molecule has 1 aliphatic rings. The average molecular weight is 326 g/mol. The lowest BCUT2D eigenvalue weighted by molar-refractivity contribution is 0.439. The summed E-state index contributed by atoms with van der Waals surface area (Å²) in [7, 11) is 8.30. The molecule has 2 rings (SSSR count). The standard InChI is InChI=1S/C21H31N3/c1-21(2,3)20(22)19-13-16(24(6)7)11-12-18(19)17-10-8-9-15(17)14-23(4)5/h8-13,17,22H,14H2,1-7H3. The molecule has 1 aromatic rings. The predicted octanol–water partition coefficient (Wildman–Crippen LogP) is 4.31. The van der Waals surface area contributed by atoms with Crippen molar-refractivity contribution < 1.29 is 0 Å². The molecule has 1 unspecified atom stereocenters. The number of hydrogen-bond donors (Lipinski definition) is 1. The van der Waals surface area contributed by atoms with Gasteiger partial charge >= 0.3 is 0 Å². The van der Waals surface area contributed by atoms with Crippen molar-refractivity contribution in [2.75, 3.05) is 39.6 Å². The van der Waals surface area contributed by atoms with Gasteiger partial charge in [-0.25, -0.2) is 0 Å². The lowest BCUT2D eigenvalue weighted by Crippen LogP contribution is -2.24. The first-order valence-electron chi connectivity index (χ1n) is 8.54. The van der Waals surface area contributed by atoms with Gasteiger partial charge in [0.2, 0.25) is 0 Å². The smallest absolute Gasteiger partial charge is 0.0443 e. The minimum atomic E-state index is -0.173. The van der Waals surface area contributed by atoms with Gasteiger partial charge in [-0.15, -0.1) is 0 Å². The molecule has 0 radical (unpaired) electrons. The number of rotatable bonds is 5. The van der Waals surface area contributed by atoms with Crippen LogP contribution in [-0.2, 0) is 0 Å². The molecule has 0 bridgehead atoms. The Morgan fingerprint density at radius 2 is 1.79 bits per heavy atom. The van der Waals surface area contributed by atoms with E-state index in [0.717, 1.165) is 17.8 Å². The summed E-state index contributed by atoms with van der Waals surface area (Å²) in [5.74, 6) is 0.265. The van der Waals surface area contributed by atoms with Gasteiger partial charge in [-0.2, -0.15) is 0 Å². The first kappa shape index (κ1) is 18.5. The van der Waals surface area contributed by atoms with E-state index in [0.29, 0.717) is 5.71 Å². The van der Waals surface area contributed by atoms with Gasteiger partial charge < -0.3 is 15.2 Å². The van der Waals surface area contributed by atoms with Crippen LogP contribution < -0.4 is 4.90 Å². The molecule has 0 fully saturated rings. The molecular weight excluding hydrogens is 294 g/mol. The Balaban J connectivity index is 2.52. The van der Waals surface area contributed by atoms with Crippen LogP contribution in [0.3, 0.4) is 0 Å². The van der Waals surface area contributed by atoms with Gasteiger partial charge in [0.25, 0.3) is 0 Å². The molecule has 0 spiro atoms. The van der Waals surface area contributed by atoms with E-state index in [1.165, 1.54) is 11.1 Å². The molecule has 1 aliphatic carbocycles. The number of anilines is 1. The molecular formula is C21H31N3. The van der Waals surface area contributed by atoms with Gasteiger partial charge in [0.1, 0.15) is 0 Å². The van der Waals surface area contributed by atoms with Crippen LogP contribution in [0, 0.1) is 10.8 Å². The van der Waals surface area contributed by atoms with Gasteiger partial charge in [0.05, 0.1) is 0 Å². The number of hydrogen-bond acceptors (Lipinski definition) is 3. The molecule has 0 heterocycles. The highest BCUT2D eigenvalue weighted by molar-refractivity contribution is 6.04. The van der Waals surface area contributed by atoms with Crippen LogP contribution in [0.4, 0.5) is 5.69 Å². The third-order valence-electron chi connectivity index (χ3n) is 4.42. The fourth-order valence-electron chi connectivity index (χ4n) is 3.05. The molecule has 1 atom stereocenters. The minimum absolute atomic E-state index is 0.173. The lowest BCUT2D eigenvalue weighted by atomic mass is 9.80. The zero-order valence-electron chi connectivity index (χ0n) is 16.1. The van der Waals surface area contributed by atoms with Crippen molar-refractivity contribution in [1.82, 2.24) is 4.90 Å². The maximum atomic E-state index is 8.76. The topological polar surface area (TPSA) is 30.3 Å². The minimum Gasteiger partial charge on any atom is -0.378 e. The second kappa shape index (κ2) is 6.94. The van der Waals surface area contributed by atoms with Crippen LogP contribution in [0.1, 0.15) is 37.8 Å². The quantitative estimate of drug-likeness (QED) is 0.818. The molecule has 0 saturated carbocycles. The van der Waals surface area contributed by atoms with E-state index in [-0.39, 0.29) is 11.3 Å². The van der Waals surface area contributed by atoms with Gasteiger partial charge in [0.15, 0.2) is 0 Å². The Hall–Kier alpha value is -1.87. The van der Waals surface area contributed by atoms with Crippen LogP contribution in [0.25, 0.3) is 0 Å². The van der Waals surface area contributed by atoms with Crippen molar-refractivity contribution in [1.29, 1.82) is 5.41 Å². The fourth-order valence-corrected chi connectivity index (χ4v) is 3.05. The predicted molar refractivity (Wildman–Crippen MR) is 106 cm³/mol. The van der Waals surface area contributed by atoms with Crippen molar-refractivity contribution in [3.8, 4) is 0 Å². The number of nitrogens with zero attached hydrogens (tertiary/aromatic N) is 2. The van der Waals surface area contributed by atoms with Crippen LogP contribution >= 0.6 is 0 Å². The molecule has 24 heavy (non-hydrogen) atoms. The molecule has 0 amide bonds. The molecule has 130 valence electrons. The maximum absolute atomic E-state index is 8.76. The van der Waals surface area contributed by atoms with Gasteiger partial charge in [-0.3, -0.25) is 0 Å². The Kier molecular flexibility index (Phi) is 5.34. The lowest BCUT2D eigenvalue weighted by Gasteiger charge is -2.27. The molecule has 1 aromatic carbocycles. The molecule has 1 N–H and O–H groups in total. The highest BCUT2D eigenvalue weighted by Gasteiger charge is 2.26. The summed E-state index contributed by atoms with van der Waals surface area (Å²) in [5.41, 5.74) is 5.36. The summed E-state index contributed by atoms with van der Waals surface area (Å²) in [6.45, 7) is 7.28. The van der Waals surface area contributed by atoms with Crippen molar-refractivity contribution in [2.45, 2.75) is 26.7 Å². The zero-order chi connectivity index (χ0) is 18.1. The summed E-state index contributed by atoms with van der Waals surface area (Å²) in [4.78, 5) is 4.30. The summed E-state index contributed by atoms with van der Waals surface area (Å²) in [6.07, 6.45) is 6.62. The van der Waals surface area contributed by atoms with Crippen molar-refractivity contribution >= 4 is 11.4 Å². The van der Waals surface area contributed by atoms with Crippen molar-refractivity contribution in [3.05, 3.63) is 53.1 Å². The maximum Gasteiger partial charge on any atom is 0.0443 e. The van der Waals surface area contributed by atoms with Crippen LogP contribution in [-0.4, -0.2) is 45.3 Å². The summed E-state index contributed by atoms with van der Waals surface area (Å²) in [5, 5.41) is 8.76. The van der Waals surface area contributed by atoms with E-state index in [9.17, 15) is 0 Å². The number of allylic oxidation sites excluding steroid dienone is 3. The fraction of sp³-hybridized carbons (Fsp3) is 0.476. The first-order chi connectivity index (χ1) is 11.1. The zero-order valence-corrected chi connectivity index (χ0v) is 16.1. The number of benzene rings is 1. The van der Waals surface area contributed by atoms with E-state index in [1.54, 1.807) is 0 Å². The third-order valence-corrected chi connectivity index (χ3v) is 4.42. The second-order valence-corrected chi connectivity index (χ2v) is 8.13. The molecule has 0 aliphatic heterocycles. The highest BCUT2D eigenvalue weighted by atomic mass is 15.1. The average Bonchev–Trinajstić information content (AvgIpc) is 2.91. The van der Waals surface area contributed by atoms with Crippen molar-refractivity contribution in [2.24, 2.45) is 5.41 Å². The van der Waals surface area contributed by atoms with Crippen molar-refractivity contribution in [3.63, 3.8) is 0 Å². The molecule has 3 heteroatoms. The Bertz CT molecular complexity index is 673. The third kappa shape index (κ3) is 3.96. The van der Waals surface area contributed by atoms with Gasteiger partial charge in [-0.05, 0) is 37.4 Å². The van der Waals surface area contributed by atoms with E-state index in [1.807, 2.05) is 14.1 Å². The second-order valence-electron chi connectivity index (χ2n) is 8.13. The van der Waals surface area contributed by atoms with E-state index in [2.05, 4.69) is 81.1 Å². The van der Waals surface area contributed by atoms with Gasteiger partial charge in [0, 0.05) is 48.9 Å². The first-order valence-corrected chi connectivity index (χ1v) is 8.54. The van der Waals surface area contributed by atoms with Crippen LogP contribution in [0.2, 0.25) is 0 Å². The monoisotopic (exact) mass is 325 g/mol. The summed E-state index contributed by atoms with van der Waals surface area (Å²) < 4.78 is 0. The van der Waals surface area contributed by atoms with E-state index in [4.69, 9.17) is 5.41 Å². The molecule has 3 nitrogen and oxygen atoms in total. The largest absolute Gasteiger partial charge is 0.378 e. The Morgan fingerprint density at radius 3 is 2.33 bits per heavy atom. The molecule has 0 aromatic heterocycles. The number of nitrogens with one attached hydrogen (secondary N) is 1. The Labute approximate surface area is 147 Å².